The first kappa shape index (κ1) is 22.7. The monoisotopic (exact) mass is 473 g/mol. The van der Waals surface area contributed by atoms with Crippen LogP contribution in [0.4, 0.5) is 5.82 Å². The van der Waals surface area contributed by atoms with Gasteiger partial charge in [-0.1, -0.05) is 24.3 Å². The van der Waals surface area contributed by atoms with Crippen molar-refractivity contribution in [1.82, 2.24) is 14.8 Å². The molecule has 1 amide bonds. The zero-order valence-corrected chi connectivity index (χ0v) is 18.9. The highest BCUT2D eigenvalue weighted by Crippen LogP contribution is 2.20. The number of carbonyl (C=O) groups excluding carboxylic acids is 2. The van der Waals surface area contributed by atoms with E-state index in [2.05, 4.69) is 15.4 Å². The summed E-state index contributed by atoms with van der Waals surface area (Å²) < 4.78 is 12.3. The van der Waals surface area contributed by atoms with E-state index in [0.717, 1.165) is 10.7 Å². The minimum absolute atomic E-state index is 0.184. The van der Waals surface area contributed by atoms with Gasteiger partial charge in [0.25, 0.3) is 5.91 Å². The van der Waals surface area contributed by atoms with Crippen LogP contribution in [-0.4, -0.2) is 33.2 Å². The lowest BCUT2D eigenvalue weighted by atomic mass is 10.2. The maximum atomic E-state index is 12.5. The van der Waals surface area contributed by atoms with E-state index in [1.165, 1.54) is 28.3 Å². The summed E-state index contributed by atoms with van der Waals surface area (Å²) >= 11 is 1.53. The zero-order chi connectivity index (χ0) is 23.9. The van der Waals surface area contributed by atoms with E-state index in [-0.39, 0.29) is 23.6 Å². The Balaban J connectivity index is 1.36. The van der Waals surface area contributed by atoms with Gasteiger partial charge in [-0.15, -0.1) is 11.3 Å². The number of anilines is 1. The topological polar surface area (TPSA) is 119 Å². The minimum atomic E-state index is -0.679. The highest BCUT2D eigenvalue weighted by Gasteiger charge is 2.17. The molecule has 2 aromatic carbocycles. The van der Waals surface area contributed by atoms with Gasteiger partial charge in [-0.05, 0) is 37.3 Å². The van der Waals surface area contributed by atoms with Gasteiger partial charge in [0, 0.05) is 5.38 Å². The number of ether oxygens (including phenoxy) is 2. The summed E-state index contributed by atoms with van der Waals surface area (Å²) in [5, 5.41) is 19.0. The van der Waals surface area contributed by atoms with Crippen molar-refractivity contribution in [2.45, 2.75) is 13.5 Å². The van der Waals surface area contributed by atoms with Gasteiger partial charge >= 0.3 is 5.97 Å². The third-order valence-corrected chi connectivity index (χ3v) is 5.43. The van der Waals surface area contributed by atoms with E-state index >= 15 is 0 Å². The van der Waals surface area contributed by atoms with Gasteiger partial charge in [0.05, 0.1) is 28.1 Å². The molecule has 0 bridgehead atoms. The first-order valence-electron chi connectivity index (χ1n) is 10.2. The van der Waals surface area contributed by atoms with Gasteiger partial charge in [0.2, 0.25) is 0 Å². The maximum Gasteiger partial charge on any atom is 0.338 e. The molecule has 0 aliphatic carbocycles. The van der Waals surface area contributed by atoms with Crippen LogP contribution in [0.15, 0.2) is 66.2 Å². The summed E-state index contributed by atoms with van der Waals surface area (Å²) in [5.74, 6) is -0.603. The van der Waals surface area contributed by atoms with Crippen LogP contribution in [0.1, 0.15) is 26.6 Å². The Morgan fingerprint density at radius 1 is 1.18 bits per heavy atom. The number of nitrogens with one attached hydrogen (secondary N) is 1. The van der Waals surface area contributed by atoms with E-state index in [1.807, 2.05) is 36.6 Å². The second-order valence-electron chi connectivity index (χ2n) is 7.06. The normalized spacial score (nSPS) is 10.4. The smallest absolute Gasteiger partial charge is 0.338 e. The van der Waals surface area contributed by atoms with Gasteiger partial charge in [-0.2, -0.15) is 10.4 Å². The van der Waals surface area contributed by atoms with Crippen LogP contribution in [0.2, 0.25) is 0 Å². The quantitative estimate of drug-likeness (QED) is 0.386. The van der Waals surface area contributed by atoms with E-state index in [9.17, 15) is 14.9 Å². The molecule has 4 aromatic rings. The highest BCUT2D eigenvalue weighted by molar-refractivity contribution is 7.09. The molecule has 34 heavy (non-hydrogen) atoms. The molecule has 0 unspecified atom stereocenters. The molecule has 0 saturated carbocycles. The van der Waals surface area contributed by atoms with Gasteiger partial charge in [0.1, 0.15) is 24.0 Å². The summed E-state index contributed by atoms with van der Waals surface area (Å²) in [5.41, 5.74) is 1.90. The van der Waals surface area contributed by atoms with Crippen LogP contribution in [0.5, 0.6) is 5.75 Å². The summed E-state index contributed by atoms with van der Waals surface area (Å²) in [7, 11) is 0. The molecule has 9 nitrogen and oxygen atoms in total. The number of thiazole rings is 1. The first-order valence-corrected chi connectivity index (χ1v) is 11.1. The van der Waals surface area contributed by atoms with E-state index in [1.54, 1.807) is 30.3 Å². The Bertz CT molecular complexity index is 1360. The fourth-order valence-electron chi connectivity index (χ4n) is 3.04. The van der Waals surface area contributed by atoms with Crippen molar-refractivity contribution in [3.8, 4) is 17.5 Å². The Labute approximate surface area is 199 Å². The number of esters is 1. The lowest BCUT2D eigenvalue weighted by Crippen LogP contribution is -2.23. The summed E-state index contributed by atoms with van der Waals surface area (Å²) in [6.45, 7) is 1.66. The van der Waals surface area contributed by atoms with Gasteiger partial charge in [-0.25, -0.2) is 14.5 Å². The van der Waals surface area contributed by atoms with Crippen molar-refractivity contribution >= 4 is 29.0 Å². The first-order chi connectivity index (χ1) is 16.5. The highest BCUT2D eigenvalue weighted by atomic mass is 32.1. The number of aromatic nitrogens is 3. The number of nitriles is 1. The standard InChI is InChI=1S/C24H19N5O4S/c1-16-27-19(15-34-16)13-32-21-9-5-6-17(10-21)24(31)33-14-22(30)28-23-18(11-25)12-26-29(23)20-7-3-2-4-8-20/h2-10,12,15H,13-14H2,1H3,(H,28,30). The molecule has 0 atom stereocenters. The molecule has 0 aliphatic rings. The number of aryl methyl sites for hydroxylation is 1. The Morgan fingerprint density at radius 3 is 2.74 bits per heavy atom. The number of hydrogen-bond acceptors (Lipinski definition) is 8. The van der Waals surface area contributed by atoms with Crippen LogP contribution >= 0.6 is 11.3 Å². The van der Waals surface area contributed by atoms with Crippen LogP contribution in [0.25, 0.3) is 5.69 Å². The fourth-order valence-corrected chi connectivity index (χ4v) is 3.64. The predicted octanol–water partition coefficient (Wildman–Crippen LogP) is 3.88. The number of carbonyl (C=O) groups is 2. The van der Waals surface area contributed by atoms with Crippen LogP contribution in [-0.2, 0) is 16.1 Å². The Hall–Kier alpha value is -4.49. The second-order valence-corrected chi connectivity index (χ2v) is 8.13. The molecule has 2 aromatic heterocycles. The number of rotatable bonds is 8. The van der Waals surface area contributed by atoms with Crippen LogP contribution in [0.3, 0.4) is 0 Å². The molecular weight excluding hydrogens is 454 g/mol. The third-order valence-electron chi connectivity index (χ3n) is 4.61. The van der Waals surface area contributed by atoms with Crippen molar-refractivity contribution < 1.29 is 19.1 Å². The molecule has 170 valence electrons. The largest absolute Gasteiger partial charge is 0.487 e. The molecule has 0 radical (unpaired) electrons. The zero-order valence-electron chi connectivity index (χ0n) is 18.1. The number of amides is 1. The molecule has 2 heterocycles. The molecule has 1 N–H and O–H groups in total. The molecule has 0 saturated heterocycles. The van der Waals surface area contributed by atoms with Gasteiger partial charge < -0.3 is 14.8 Å². The number of nitrogens with zero attached hydrogens (tertiary/aromatic N) is 4. The fraction of sp³-hybridized carbons (Fsp3) is 0.125. The van der Waals surface area contributed by atoms with Crippen LogP contribution in [0, 0.1) is 18.3 Å². The average Bonchev–Trinajstić information content (AvgIpc) is 3.47. The van der Waals surface area contributed by atoms with Gasteiger partial charge in [-0.3, -0.25) is 4.79 Å². The van der Waals surface area contributed by atoms with Crippen molar-refractivity contribution in [3.63, 3.8) is 0 Å². The van der Waals surface area contributed by atoms with Crippen molar-refractivity contribution in [3.05, 3.63) is 88.0 Å². The minimum Gasteiger partial charge on any atom is -0.487 e. The molecule has 4 rings (SSSR count). The van der Waals surface area contributed by atoms with E-state index < -0.39 is 18.5 Å². The van der Waals surface area contributed by atoms with Crippen molar-refractivity contribution in [2.75, 3.05) is 11.9 Å². The van der Waals surface area contributed by atoms with Crippen LogP contribution < -0.4 is 10.1 Å². The van der Waals surface area contributed by atoms with Crippen molar-refractivity contribution in [2.24, 2.45) is 0 Å². The summed E-state index contributed by atoms with van der Waals surface area (Å²) in [6, 6.07) is 17.5. The summed E-state index contributed by atoms with van der Waals surface area (Å²) in [6.07, 6.45) is 1.35. The predicted molar refractivity (Wildman–Crippen MR) is 125 cm³/mol. The molecular formula is C24H19N5O4S. The second kappa shape index (κ2) is 10.4. The number of para-hydroxylation sites is 1. The molecule has 0 fully saturated rings. The SMILES string of the molecule is Cc1nc(COc2cccc(C(=O)OCC(=O)Nc3c(C#N)cnn3-c3ccccc3)c2)cs1. The number of hydrogen-bond donors (Lipinski definition) is 1. The van der Waals surface area contributed by atoms with Crippen molar-refractivity contribution in [1.29, 1.82) is 5.26 Å². The van der Waals surface area contributed by atoms with E-state index in [0.29, 0.717) is 11.4 Å². The Kier molecular flexibility index (Phi) is 6.95. The van der Waals surface area contributed by atoms with E-state index in [4.69, 9.17) is 9.47 Å². The van der Waals surface area contributed by atoms with Gasteiger partial charge in [0.15, 0.2) is 12.4 Å². The maximum absolute atomic E-state index is 12.5. The molecule has 0 spiro atoms. The lowest BCUT2D eigenvalue weighted by molar-refractivity contribution is -0.119. The number of benzene rings is 2. The Morgan fingerprint density at radius 2 is 2.00 bits per heavy atom. The third kappa shape index (κ3) is 5.46. The average molecular weight is 474 g/mol. The molecule has 0 aliphatic heterocycles. The molecule has 10 heteroatoms. The lowest BCUT2D eigenvalue weighted by Gasteiger charge is -2.10. The summed E-state index contributed by atoms with van der Waals surface area (Å²) in [4.78, 5) is 29.2.